The van der Waals surface area contributed by atoms with E-state index in [2.05, 4.69) is 20.4 Å². The van der Waals surface area contributed by atoms with Crippen LogP contribution in [0.25, 0.3) is 0 Å². The number of aliphatic hydroxyl groups excluding tert-OH is 3. The van der Waals surface area contributed by atoms with Crippen LogP contribution in [0, 0.1) is 22.7 Å². The van der Waals surface area contributed by atoms with Gasteiger partial charge in [-0.1, -0.05) is 32.4 Å². The molecule has 0 amide bonds. The van der Waals surface area contributed by atoms with Crippen molar-refractivity contribution in [1.82, 2.24) is 0 Å². The van der Waals surface area contributed by atoms with Crippen molar-refractivity contribution in [1.29, 1.82) is 0 Å². The molecule has 1 saturated heterocycles. The second-order valence-electron chi connectivity index (χ2n) is 12.3. The molecule has 4 N–H and O–H groups in total. The molecule has 2 saturated carbocycles. The third-order valence-electron chi connectivity index (χ3n) is 9.60. The Morgan fingerprint density at radius 3 is 2.58 bits per heavy atom. The maximum atomic E-state index is 12.0. The summed E-state index contributed by atoms with van der Waals surface area (Å²) in [6, 6.07) is 0. The summed E-state index contributed by atoms with van der Waals surface area (Å²) in [7, 11) is 0. The van der Waals surface area contributed by atoms with Crippen molar-refractivity contribution in [3.05, 3.63) is 23.8 Å². The van der Waals surface area contributed by atoms with Gasteiger partial charge in [0.15, 0.2) is 6.29 Å². The summed E-state index contributed by atoms with van der Waals surface area (Å²) in [4.78, 5) is 34.3. The molecule has 4 aliphatic rings. The Kier molecular flexibility index (Phi) is 9.41. The number of aliphatic hydroxyl groups is 3. The Morgan fingerprint density at radius 2 is 1.90 bits per heavy atom. The Morgan fingerprint density at radius 1 is 1.15 bits per heavy atom. The number of aliphatic carboxylic acids is 1. The minimum Gasteiger partial charge on any atom is -0.481 e. The van der Waals surface area contributed by atoms with E-state index in [0.717, 1.165) is 44.1 Å². The summed E-state index contributed by atoms with van der Waals surface area (Å²) < 4.78 is 21.8. The minimum absolute atomic E-state index is 0.0581. The fourth-order valence-corrected chi connectivity index (χ4v) is 7.50. The third kappa shape index (κ3) is 6.28. The van der Waals surface area contributed by atoms with Crippen molar-refractivity contribution in [3.63, 3.8) is 0 Å². The summed E-state index contributed by atoms with van der Waals surface area (Å²) in [6.45, 7) is 8.95. The fourth-order valence-electron chi connectivity index (χ4n) is 7.50. The number of rotatable bonds is 10. The molecule has 0 spiro atoms. The summed E-state index contributed by atoms with van der Waals surface area (Å²) in [5, 5.41) is 40.1. The summed E-state index contributed by atoms with van der Waals surface area (Å²) >= 11 is 0. The third-order valence-corrected chi connectivity index (χ3v) is 9.60. The number of carboxylic acid groups (broad SMARTS) is 1. The van der Waals surface area contributed by atoms with Crippen LogP contribution < -0.4 is 0 Å². The highest BCUT2D eigenvalue weighted by Gasteiger charge is 2.55. The Hall–Kier alpha value is -2.31. The quantitative estimate of drug-likeness (QED) is 0.173. The SMILES string of the molecule is C=C1CC[C@@H]2[C@@](C)(CO[C@H]3O[C@@H](COC(=O)CC(=O)O)[C@@H](O)[C@@H](O)[C@H]3O)CCC[C@@]2(C)[C@H]1CCC1=CCOC1=O. The van der Waals surface area contributed by atoms with Crippen LogP contribution in [0.5, 0.6) is 0 Å². The molecule has 0 aromatic rings. The lowest BCUT2D eigenvalue weighted by atomic mass is 9.47. The smallest absolute Gasteiger partial charge is 0.334 e. The fraction of sp³-hybridized carbons (Fsp3) is 0.759. The Labute approximate surface area is 234 Å². The van der Waals surface area contributed by atoms with Gasteiger partial charge in [0.2, 0.25) is 0 Å². The van der Waals surface area contributed by atoms with Crippen LogP contribution in [-0.4, -0.2) is 88.9 Å². The summed E-state index contributed by atoms with van der Waals surface area (Å²) in [6.07, 6.45) is 0.0154. The normalized spacial score (nSPS) is 39.7. The first-order valence-electron chi connectivity index (χ1n) is 14.1. The van der Waals surface area contributed by atoms with Gasteiger partial charge in [0.05, 0.1) is 6.61 Å². The Bertz CT molecular complexity index is 1020. The molecular weight excluding hydrogens is 524 g/mol. The molecule has 224 valence electrons. The molecule has 2 heterocycles. The van der Waals surface area contributed by atoms with E-state index in [0.29, 0.717) is 13.0 Å². The molecule has 11 nitrogen and oxygen atoms in total. The van der Waals surface area contributed by atoms with Crippen molar-refractivity contribution in [2.75, 3.05) is 19.8 Å². The van der Waals surface area contributed by atoms with Crippen LogP contribution in [0.4, 0.5) is 0 Å². The molecular formula is C29H42O11. The highest BCUT2D eigenvalue weighted by molar-refractivity contribution is 5.90. The number of cyclic esters (lactones) is 1. The first kappa shape index (κ1) is 30.6. The van der Waals surface area contributed by atoms with Crippen LogP contribution in [0.2, 0.25) is 0 Å². The van der Waals surface area contributed by atoms with Crippen LogP contribution in [0.3, 0.4) is 0 Å². The predicted molar refractivity (Wildman–Crippen MR) is 140 cm³/mol. The Balaban J connectivity index is 1.42. The first-order valence-corrected chi connectivity index (χ1v) is 14.1. The molecule has 40 heavy (non-hydrogen) atoms. The predicted octanol–water partition coefficient (Wildman–Crippen LogP) is 1.87. The van der Waals surface area contributed by atoms with E-state index < -0.39 is 55.7 Å². The van der Waals surface area contributed by atoms with E-state index in [9.17, 15) is 29.7 Å². The largest absolute Gasteiger partial charge is 0.481 e. The van der Waals surface area contributed by atoms with Gasteiger partial charge in [0.1, 0.15) is 44.1 Å². The maximum absolute atomic E-state index is 12.0. The van der Waals surface area contributed by atoms with Gasteiger partial charge in [0.25, 0.3) is 0 Å². The molecule has 11 heteroatoms. The van der Waals surface area contributed by atoms with E-state index in [4.69, 9.17) is 24.1 Å². The zero-order valence-electron chi connectivity index (χ0n) is 23.3. The van der Waals surface area contributed by atoms with Crippen LogP contribution in [0.1, 0.15) is 65.2 Å². The van der Waals surface area contributed by atoms with E-state index >= 15 is 0 Å². The molecule has 9 atom stereocenters. The number of ether oxygens (including phenoxy) is 4. The second kappa shape index (κ2) is 12.3. The minimum atomic E-state index is -1.61. The standard InChI is InChI=1S/C29H42O11/c1-16-5-8-20-28(2,10-4-11-29(20,3)18(16)7-6-17-9-12-37-26(17)36)15-39-27-25(35)24(34)23(33)19(40-27)14-38-22(32)13-21(30)31/h9,18-20,23-25,27,33-35H,1,4-8,10-15H2,2-3H3,(H,30,31)/t18-,19-,20+,23+,24+,25+,27-,28+,29-/m0/s1. The summed E-state index contributed by atoms with van der Waals surface area (Å²) in [5.74, 6) is -2.09. The van der Waals surface area contributed by atoms with Gasteiger partial charge in [-0.3, -0.25) is 9.59 Å². The van der Waals surface area contributed by atoms with E-state index in [1.165, 1.54) is 5.57 Å². The van der Waals surface area contributed by atoms with Crippen molar-refractivity contribution in [3.8, 4) is 0 Å². The lowest BCUT2D eigenvalue weighted by Crippen LogP contribution is -2.60. The van der Waals surface area contributed by atoms with E-state index in [1.54, 1.807) is 0 Å². The molecule has 0 aromatic carbocycles. The number of hydrogen-bond donors (Lipinski definition) is 4. The van der Waals surface area contributed by atoms with Gasteiger partial charge in [-0.2, -0.15) is 0 Å². The van der Waals surface area contributed by atoms with Crippen molar-refractivity contribution in [2.45, 2.75) is 95.9 Å². The number of esters is 2. The first-order chi connectivity index (χ1) is 18.9. The highest BCUT2D eigenvalue weighted by Crippen LogP contribution is 2.62. The number of carbonyl (C=O) groups excluding carboxylic acids is 2. The summed E-state index contributed by atoms with van der Waals surface area (Å²) in [5.41, 5.74) is 1.61. The zero-order chi connectivity index (χ0) is 29.2. The van der Waals surface area contributed by atoms with Gasteiger partial charge in [-0.05, 0) is 67.3 Å². The zero-order valence-corrected chi connectivity index (χ0v) is 23.3. The number of allylic oxidation sites excluding steroid dienone is 1. The van der Waals surface area contributed by atoms with Crippen LogP contribution in [0.15, 0.2) is 23.8 Å². The lowest BCUT2D eigenvalue weighted by molar-refractivity contribution is -0.310. The average molecular weight is 567 g/mol. The average Bonchev–Trinajstić information content (AvgIpc) is 3.29. The number of carbonyl (C=O) groups is 3. The molecule has 4 rings (SSSR count). The molecule has 0 radical (unpaired) electrons. The molecule has 2 aliphatic carbocycles. The number of hydrogen-bond acceptors (Lipinski definition) is 10. The van der Waals surface area contributed by atoms with Gasteiger partial charge >= 0.3 is 17.9 Å². The maximum Gasteiger partial charge on any atom is 0.334 e. The van der Waals surface area contributed by atoms with Gasteiger partial charge < -0.3 is 39.4 Å². The van der Waals surface area contributed by atoms with Gasteiger partial charge in [-0.25, -0.2) is 4.79 Å². The highest BCUT2D eigenvalue weighted by atomic mass is 16.7. The van der Waals surface area contributed by atoms with Crippen LogP contribution in [-0.2, 0) is 33.3 Å². The van der Waals surface area contributed by atoms with E-state index in [-0.39, 0.29) is 35.2 Å². The van der Waals surface area contributed by atoms with Crippen LogP contribution >= 0.6 is 0 Å². The van der Waals surface area contributed by atoms with E-state index in [1.807, 2.05) is 6.08 Å². The molecule has 0 aromatic heterocycles. The lowest BCUT2D eigenvalue weighted by Gasteiger charge is -2.59. The number of carboxylic acids is 1. The number of fused-ring (bicyclic) bond motifs is 1. The van der Waals surface area contributed by atoms with Gasteiger partial charge in [0, 0.05) is 5.57 Å². The molecule has 2 aliphatic heterocycles. The molecule has 0 bridgehead atoms. The topological polar surface area (TPSA) is 169 Å². The van der Waals surface area contributed by atoms with Crippen molar-refractivity contribution in [2.24, 2.45) is 22.7 Å². The molecule has 0 unspecified atom stereocenters. The van der Waals surface area contributed by atoms with Crippen molar-refractivity contribution >= 4 is 17.9 Å². The van der Waals surface area contributed by atoms with Crippen molar-refractivity contribution < 1.29 is 53.8 Å². The molecule has 3 fully saturated rings. The monoisotopic (exact) mass is 566 g/mol. The second-order valence-corrected chi connectivity index (χ2v) is 12.3. The van der Waals surface area contributed by atoms with Gasteiger partial charge in [-0.15, -0.1) is 0 Å².